The van der Waals surface area contributed by atoms with Crippen LogP contribution in [-0.4, -0.2) is 31.3 Å². The average Bonchev–Trinajstić information content (AvgIpc) is 2.48. The molecule has 1 aromatic carbocycles. The van der Waals surface area contributed by atoms with Crippen molar-refractivity contribution in [2.24, 2.45) is 0 Å². The van der Waals surface area contributed by atoms with Gasteiger partial charge in [0.2, 0.25) is 0 Å². The number of hydrogen-bond donors (Lipinski definition) is 1. The monoisotopic (exact) mass is 290 g/mol. The third kappa shape index (κ3) is 2.95. The van der Waals surface area contributed by atoms with Gasteiger partial charge in [-0.05, 0) is 31.0 Å². The first kappa shape index (κ1) is 13.8. The second kappa shape index (κ2) is 6.08. The predicted octanol–water partition coefficient (Wildman–Crippen LogP) is 3.29. The summed E-state index contributed by atoms with van der Waals surface area (Å²) < 4.78 is 0. The first-order chi connectivity index (χ1) is 9.74. The third-order valence-electron chi connectivity index (χ3n) is 4.26. The molecule has 3 rings (SSSR count). The largest absolute Gasteiger partial charge is 0.373 e. The fourth-order valence-electron chi connectivity index (χ4n) is 3.01. The lowest BCUT2D eigenvalue weighted by Crippen LogP contribution is -2.36. The maximum atomic E-state index is 12.4. The molecule has 1 heterocycles. The Morgan fingerprint density at radius 2 is 2.10 bits per heavy atom. The number of carbonyl (C=O) groups excluding carboxylic acids is 1. The summed E-state index contributed by atoms with van der Waals surface area (Å²) in [7, 11) is 2.10. The lowest BCUT2D eigenvalue weighted by atomic mass is 9.95. The van der Waals surface area contributed by atoms with Crippen molar-refractivity contribution < 1.29 is 4.79 Å². The molecule has 0 atom stereocenters. The summed E-state index contributed by atoms with van der Waals surface area (Å²) in [5, 5.41) is 3.19. The maximum Gasteiger partial charge on any atom is 0.251 e. The highest BCUT2D eigenvalue weighted by Gasteiger charge is 2.19. The SMILES string of the molecule is CN1CCSc2ccc(C(=O)NC3CCCCC3)cc21. The number of carbonyl (C=O) groups is 1. The van der Waals surface area contributed by atoms with E-state index >= 15 is 0 Å². The van der Waals surface area contributed by atoms with Crippen LogP contribution in [-0.2, 0) is 0 Å². The molecule has 1 fully saturated rings. The Balaban J connectivity index is 1.73. The van der Waals surface area contributed by atoms with Gasteiger partial charge in [-0.1, -0.05) is 19.3 Å². The fraction of sp³-hybridized carbons (Fsp3) is 0.562. The first-order valence-corrected chi connectivity index (χ1v) is 8.51. The van der Waals surface area contributed by atoms with Gasteiger partial charge in [0, 0.05) is 35.8 Å². The van der Waals surface area contributed by atoms with Crippen molar-refractivity contribution in [3.05, 3.63) is 23.8 Å². The van der Waals surface area contributed by atoms with E-state index in [1.165, 1.54) is 29.8 Å². The fourth-order valence-corrected chi connectivity index (χ4v) is 4.12. The highest BCUT2D eigenvalue weighted by Crippen LogP contribution is 2.34. The molecule has 1 aliphatic heterocycles. The van der Waals surface area contributed by atoms with E-state index in [2.05, 4.69) is 23.3 Å². The average molecular weight is 290 g/mol. The molecular formula is C16H22N2OS. The van der Waals surface area contributed by atoms with Crippen LogP contribution >= 0.6 is 11.8 Å². The number of nitrogens with zero attached hydrogens (tertiary/aromatic N) is 1. The zero-order valence-corrected chi connectivity index (χ0v) is 12.8. The van der Waals surface area contributed by atoms with Crippen LogP contribution in [0.1, 0.15) is 42.5 Å². The van der Waals surface area contributed by atoms with E-state index < -0.39 is 0 Å². The first-order valence-electron chi connectivity index (χ1n) is 7.53. The second-order valence-electron chi connectivity index (χ2n) is 5.76. The molecule has 1 aromatic rings. The molecule has 20 heavy (non-hydrogen) atoms. The van der Waals surface area contributed by atoms with E-state index in [4.69, 9.17) is 0 Å². The van der Waals surface area contributed by atoms with E-state index in [1.54, 1.807) is 0 Å². The third-order valence-corrected chi connectivity index (χ3v) is 5.30. The second-order valence-corrected chi connectivity index (χ2v) is 6.90. The number of anilines is 1. The number of hydrogen-bond acceptors (Lipinski definition) is 3. The highest BCUT2D eigenvalue weighted by atomic mass is 32.2. The predicted molar refractivity (Wildman–Crippen MR) is 84.8 cm³/mol. The van der Waals surface area contributed by atoms with Crippen molar-refractivity contribution in [3.8, 4) is 0 Å². The number of rotatable bonds is 2. The Hall–Kier alpha value is -1.16. The minimum atomic E-state index is 0.0867. The van der Waals surface area contributed by atoms with Crippen LogP contribution in [0.3, 0.4) is 0 Å². The van der Waals surface area contributed by atoms with Gasteiger partial charge in [0.25, 0.3) is 5.91 Å². The Bertz CT molecular complexity index is 497. The minimum Gasteiger partial charge on any atom is -0.373 e. The molecule has 1 saturated carbocycles. The van der Waals surface area contributed by atoms with Gasteiger partial charge in [-0.3, -0.25) is 4.79 Å². The molecule has 0 bridgehead atoms. The van der Waals surface area contributed by atoms with E-state index in [-0.39, 0.29) is 5.91 Å². The zero-order valence-electron chi connectivity index (χ0n) is 12.0. The molecule has 108 valence electrons. The summed E-state index contributed by atoms with van der Waals surface area (Å²) in [6.45, 7) is 1.05. The molecule has 0 radical (unpaired) electrons. The molecule has 1 amide bonds. The van der Waals surface area contributed by atoms with Crippen LogP contribution in [0.15, 0.2) is 23.1 Å². The van der Waals surface area contributed by atoms with Gasteiger partial charge in [0.1, 0.15) is 0 Å². The Kier molecular flexibility index (Phi) is 4.20. The molecule has 1 aliphatic carbocycles. The van der Waals surface area contributed by atoms with Gasteiger partial charge in [-0.15, -0.1) is 11.8 Å². The lowest BCUT2D eigenvalue weighted by Gasteiger charge is -2.28. The number of fused-ring (bicyclic) bond motifs is 1. The van der Waals surface area contributed by atoms with E-state index in [9.17, 15) is 4.79 Å². The lowest BCUT2D eigenvalue weighted by molar-refractivity contribution is 0.0927. The van der Waals surface area contributed by atoms with Crippen LogP contribution < -0.4 is 10.2 Å². The molecule has 0 aromatic heterocycles. The Morgan fingerprint density at radius 3 is 2.90 bits per heavy atom. The summed E-state index contributed by atoms with van der Waals surface area (Å²) in [6, 6.07) is 6.47. The molecule has 3 nitrogen and oxygen atoms in total. The van der Waals surface area contributed by atoms with Crippen molar-refractivity contribution in [2.45, 2.75) is 43.0 Å². The molecule has 0 spiro atoms. The normalized spacial score (nSPS) is 19.6. The van der Waals surface area contributed by atoms with Gasteiger partial charge in [-0.25, -0.2) is 0 Å². The highest BCUT2D eigenvalue weighted by molar-refractivity contribution is 7.99. The van der Waals surface area contributed by atoms with Crippen molar-refractivity contribution in [3.63, 3.8) is 0 Å². The quantitative estimate of drug-likeness (QED) is 0.907. The van der Waals surface area contributed by atoms with Crippen molar-refractivity contribution in [2.75, 3.05) is 24.2 Å². The van der Waals surface area contributed by atoms with Crippen LogP contribution in [0.5, 0.6) is 0 Å². The van der Waals surface area contributed by atoms with Gasteiger partial charge in [0.15, 0.2) is 0 Å². The topological polar surface area (TPSA) is 32.3 Å². The van der Waals surface area contributed by atoms with Gasteiger partial charge >= 0.3 is 0 Å². The number of thioether (sulfide) groups is 1. The van der Waals surface area contributed by atoms with Gasteiger partial charge < -0.3 is 10.2 Å². The molecular weight excluding hydrogens is 268 g/mol. The zero-order chi connectivity index (χ0) is 13.9. The van der Waals surface area contributed by atoms with Crippen LogP contribution in [0.4, 0.5) is 5.69 Å². The number of amides is 1. The summed E-state index contributed by atoms with van der Waals surface area (Å²) in [5.41, 5.74) is 1.99. The van der Waals surface area contributed by atoms with Gasteiger partial charge in [-0.2, -0.15) is 0 Å². The van der Waals surface area contributed by atoms with Crippen LogP contribution in [0, 0.1) is 0 Å². The molecule has 1 N–H and O–H groups in total. The number of nitrogens with one attached hydrogen (secondary N) is 1. The Labute approximate surface area is 125 Å². The maximum absolute atomic E-state index is 12.4. The summed E-state index contributed by atoms with van der Waals surface area (Å²) in [6.07, 6.45) is 6.06. The summed E-state index contributed by atoms with van der Waals surface area (Å²) >= 11 is 1.88. The molecule has 0 saturated heterocycles. The standard InChI is InChI=1S/C16H22N2OS/c1-18-9-10-20-15-8-7-12(11-14(15)18)16(19)17-13-5-3-2-4-6-13/h7-8,11,13H,2-6,9-10H2,1H3,(H,17,19). The molecule has 0 unspecified atom stereocenters. The van der Waals surface area contributed by atoms with Crippen LogP contribution in [0.25, 0.3) is 0 Å². The van der Waals surface area contributed by atoms with Crippen molar-refractivity contribution in [1.82, 2.24) is 5.32 Å². The Morgan fingerprint density at radius 1 is 1.30 bits per heavy atom. The number of benzene rings is 1. The summed E-state index contributed by atoms with van der Waals surface area (Å²) in [5.74, 6) is 1.21. The smallest absolute Gasteiger partial charge is 0.251 e. The molecule has 2 aliphatic rings. The van der Waals surface area contributed by atoms with E-state index in [0.29, 0.717) is 6.04 Å². The van der Waals surface area contributed by atoms with Crippen molar-refractivity contribution in [1.29, 1.82) is 0 Å². The van der Waals surface area contributed by atoms with Crippen molar-refractivity contribution >= 4 is 23.4 Å². The molecule has 4 heteroatoms. The van der Waals surface area contributed by atoms with Crippen LogP contribution in [0.2, 0.25) is 0 Å². The van der Waals surface area contributed by atoms with E-state index in [1.807, 2.05) is 23.9 Å². The van der Waals surface area contributed by atoms with E-state index in [0.717, 1.165) is 30.7 Å². The minimum absolute atomic E-state index is 0.0867. The summed E-state index contributed by atoms with van der Waals surface area (Å²) in [4.78, 5) is 15.9. The van der Waals surface area contributed by atoms with Gasteiger partial charge in [0.05, 0.1) is 5.69 Å².